The number of unbranched alkanes of at least 4 members (excludes halogenated alkanes) is 1. The molecule has 0 saturated carbocycles. The average Bonchev–Trinajstić information content (AvgIpc) is 2.61. The Morgan fingerprint density at radius 1 is 1.09 bits per heavy atom. The molecule has 2 rings (SSSR count). The molecule has 0 aliphatic heterocycles. The van der Waals surface area contributed by atoms with Gasteiger partial charge in [0.25, 0.3) is 0 Å². The highest BCUT2D eigenvalue weighted by atomic mass is 16.5. The molecule has 0 aliphatic rings. The predicted molar refractivity (Wildman–Crippen MR) is 89.8 cm³/mol. The molecule has 0 saturated heterocycles. The molecule has 1 N–H and O–H groups in total. The second kappa shape index (κ2) is 8.34. The van der Waals surface area contributed by atoms with Crippen molar-refractivity contribution >= 4 is 5.97 Å². The Kier molecular flexibility index (Phi) is 6.18. The largest absolute Gasteiger partial charge is 0.496 e. The van der Waals surface area contributed by atoms with Gasteiger partial charge in [0, 0.05) is 6.61 Å². The highest BCUT2D eigenvalue weighted by Gasteiger charge is 2.14. The van der Waals surface area contributed by atoms with Crippen molar-refractivity contribution in [3.05, 3.63) is 53.6 Å². The van der Waals surface area contributed by atoms with Crippen molar-refractivity contribution in [3.8, 4) is 16.9 Å². The summed E-state index contributed by atoms with van der Waals surface area (Å²) in [4.78, 5) is 12.0. The quantitative estimate of drug-likeness (QED) is 0.628. The Morgan fingerprint density at radius 2 is 1.87 bits per heavy atom. The number of aliphatic hydroxyl groups is 1. The topological polar surface area (TPSA) is 55.8 Å². The first-order valence-electron chi connectivity index (χ1n) is 7.66. The van der Waals surface area contributed by atoms with Crippen molar-refractivity contribution in [2.75, 3.05) is 20.8 Å². The lowest BCUT2D eigenvalue weighted by Gasteiger charge is -2.13. The molecule has 0 aliphatic carbocycles. The van der Waals surface area contributed by atoms with E-state index in [1.165, 1.54) is 7.11 Å². The van der Waals surface area contributed by atoms with E-state index >= 15 is 0 Å². The molecule has 0 aromatic heterocycles. The third-order valence-corrected chi connectivity index (χ3v) is 3.78. The summed E-state index contributed by atoms with van der Waals surface area (Å²) < 4.78 is 10.3. The number of aryl methyl sites for hydroxylation is 1. The van der Waals surface area contributed by atoms with Crippen molar-refractivity contribution in [2.24, 2.45) is 0 Å². The first-order chi connectivity index (χ1) is 11.2. The summed E-state index contributed by atoms with van der Waals surface area (Å²) in [5.41, 5.74) is 3.40. The summed E-state index contributed by atoms with van der Waals surface area (Å²) in [5, 5.41) is 8.95. The van der Waals surface area contributed by atoms with Crippen molar-refractivity contribution in [1.82, 2.24) is 0 Å². The van der Waals surface area contributed by atoms with E-state index in [1.54, 1.807) is 13.2 Å². The van der Waals surface area contributed by atoms with Crippen LogP contribution in [0.4, 0.5) is 0 Å². The highest BCUT2D eigenvalue weighted by Crippen LogP contribution is 2.30. The molecule has 4 heteroatoms. The summed E-state index contributed by atoms with van der Waals surface area (Å²) in [6.45, 7) is 0.188. The van der Waals surface area contributed by atoms with Gasteiger partial charge in [-0.15, -0.1) is 0 Å². The lowest BCUT2D eigenvalue weighted by atomic mass is 9.96. The second-order valence-corrected chi connectivity index (χ2v) is 5.24. The van der Waals surface area contributed by atoms with Crippen LogP contribution in [0.5, 0.6) is 5.75 Å². The first-order valence-corrected chi connectivity index (χ1v) is 7.66. The van der Waals surface area contributed by atoms with Gasteiger partial charge in [-0.25, -0.2) is 4.79 Å². The number of carbonyl (C=O) groups excluding carboxylic acids is 1. The fourth-order valence-electron chi connectivity index (χ4n) is 2.59. The van der Waals surface area contributed by atoms with Crippen molar-refractivity contribution < 1.29 is 19.4 Å². The smallest absolute Gasteiger partial charge is 0.338 e. The summed E-state index contributed by atoms with van der Waals surface area (Å²) >= 11 is 0. The van der Waals surface area contributed by atoms with E-state index in [0.29, 0.717) is 5.56 Å². The zero-order valence-corrected chi connectivity index (χ0v) is 13.5. The van der Waals surface area contributed by atoms with E-state index in [2.05, 4.69) is 0 Å². The van der Waals surface area contributed by atoms with Crippen LogP contribution in [0.25, 0.3) is 11.1 Å². The van der Waals surface area contributed by atoms with E-state index in [0.717, 1.165) is 41.7 Å². The molecule has 23 heavy (non-hydrogen) atoms. The Balaban J connectivity index is 2.40. The fraction of sp³-hybridized carbons (Fsp3) is 0.316. The monoisotopic (exact) mass is 314 g/mol. The number of carbonyl (C=O) groups is 1. The van der Waals surface area contributed by atoms with E-state index in [1.807, 2.05) is 36.4 Å². The normalized spacial score (nSPS) is 10.4. The van der Waals surface area contributed by atoms with Gasteiger partial charge in [0.1, 0.15) is 5.75 Å². The first kappa shape index (κ1) is 17.0. The molecule has 0 bridgehead atoms. The number of esters is 1. The standard InChI is InChI=1S/C19H22O4/c1-22-18-11-10-14(13-15(18)7-5-6-12-20)16-8-3-4-9-17(16)19(21)23-2/h3-4,8-11,13,20H,5-7,12H2,1-2H3. The molecule has 0 heterocycles. The SMILES string of the molecule is COC(=O)c1ccccc1-c1ccc(OC)c(CCCCO)c1. The van der Waals surface area contributed by atoms with Crippen LogP contribution < -0.4 is 4.74 Å². The molecular formula is C19H22O4. The van der Waals surface area contributed by atoms with Crippen molar-refractivity contribution in [3.63, 3.8) is 0 Å². The second-order valence-electron chi connectivity index (χ2n) is 5.24. The van der Waals surface area contributed by atoms with Crippen LogP contribution in [0.2, 0.25) is 0 Å². The summed E-state index contributed by atoms with van der Waals surface area (Å²) in [6.07, 6.45) is 2.46. The number of methoxy groups -OCH3 is 2. The molecular weight excluding hydrogens is 292 g/mol. The van der Waals surface area contributed by atoms with E-state index in [-0.39, 0.29) is 12.6 Å². The molecule has 0 unspecified atom stereocenters. The molecule has 0 atom stereocenters. The zero-order valence-electron chi connectivity index (χ0n) is 13.5. The number of aliphatic hydroxyl groups excluding tert-OH is 1. The van der Waals surface area contributed by atoms with Gasteiger partial charge in [-0.05, 0) is 54.2 Å². The molecule has 0 spiro atoms. The minimum atomic E-state index is -0.349. The van der Waals surface area contributed by atoms with E-state index in [4.69, 9.17) is 14.6 Å². The lowest BCUT2D eigenvalue weighted by molar-refractivity contribution is 0.0601. The van der Waals surface area contributed by atoms with E-state index < -0.39 is 0 Å². The van der Waals surface area contributed by atoms with Crippen LogP contribution >= 0.6 is 0 Å². The predicted octanol–water partition coefficient (Wildman–Crippen LogP) is 3.46. The number of ether oxygens (including phenoxy) is 2. The Labute approximate surface area is 136 Å². The highest BCUT2D eigenvalue weighted by molar-refractivity contribution is 5.97. The summed E-state index contributed by atoms with van der Waals surface area (Å²) in [7, 11) is 3.03. The average molecular weight is 314 g/mol. The maximum absolute atomic E-state index is 12.0. The molecule has 122 valence electrons. The Hall–Kier alpha value is -2.33. The number of benzene rings is 2. The van der Waals surface area contributed by atoms with Crippen molar-refractivity contribution in [2.45, 2.75) is 19.3 Å². The van der Waals surface area contributed by atoms with Gasteiger partial charge in [-0.2, -0.15) is 0 Å². The van der Waals surface area contributed by atoms with Gasteiger partial charge in [0.15, 0.2) is 0 Å². The summed E-state index contributed by atoms with van der Waals surface area (Å²) in [5.74, 6) is 0.473. The van der Waals surface area contributed by atoms with Gasteiger partial charge in [-0.3, -0.25) is 0 Å². The zero-order chi connectivity index (χ0) is 16.7. The van der Waals surface area contributed by atoms with Gasteiger partial charge < -0.3 is 14.6 Å². The van der Waals surface area contributed by atoms with Gasteiger partial charge in [0.2, 0.25) is 0 Å². The molecule has 0 fully saturated rings. The van der Waals surface area contributed by atoms with E-state index in [9.17, 15) is 4.79 Å². The maximum Gasteiger partial charge on any atom is 0.338 e. The van der Waals surface area contributed by atoms with Crippen LogP contribution in [0.15, 0.2) is 42.5 Å². The van der Waals surface area contributed by atoms with Crippen LogP contribution in [0.1, 0.15) is 28.8 Å². The molecule has 4 nitrogen and oxygen atoms in total. The van der Waals surface area contributed by atoms with Gasteiger partial charge >= 0.3 is 5.97 Å². The van der Waals surface area contributed by atoms with Crippen LogP contribution in [-0.4, -0.2) is 31.9 Å². The van der Waals surface area contributed by atoms with Gasteiger partial charge in [0.05, 0.1) is 19.8 Å². The van der Waals surface area contributed by atoms with Crippen LogP contribution in [-0.2, 0) is 11.2 Å². The number of hydrogen-bond acceptors (Lipinski definition) is 4. The molecule has 0 amide bonds. The molecule has 0 radical (unpaired) electrons. The van der Waals surface area contributed by atoms with Crippen molar-refractivity contribution in [1.29, 1.82) is 0 Å². The minimum Gasteiger partial charge on any atom is -0.496 e. The third-order valence-electron chi connectivity index (χ3n) is 3.78. The third kappa shape index (κ3) is 4.11. The molecule has 2 aromatic rings. The maximum atomic E-state index is 12.0. The molecule has 2 aromatic carbocycles. The number of rotatable bonds is 7. The summed E-state index contributed by atoms with van der Waals surface area (Å²) in [6, 6.07) is 13.3. The van der Waals surface area contributed by atoms with Crippen LogP contribution in [0, 0.1) is 0 Å². The van der Waals surface area contributed by atoms with Gasteiger partial charge in [-0.1, -0.05) is 24.3 Å². The number of hydrogen-bond donors (Lipinski definition) is 1. The van der Waals surface area contributed by atoms with Crippen LogP contribution in [0.3, 0.4) is 0 Å². The fourth-order valence-corrected chi connectivity index (χ4v) is 2.59. The Bertz CT molecular complexity index is 664. The Morgan fingerprint density at radius 3 is 2.57 bits per heavy atom. The lowest BCUT2D eigenvalue weighted by Crippen LogP contribution is -2.03. The minimum absolute atomic E-state index is 0.188.